The van der Waals surface area contributed by atoms with Crippen LogP contribution in [-0.4, -0.2) is 27.7 Å². The maximum atomic E-state index is 8.79. The Labute approximate surface area is 94.7 Å². The molecule has 1 rings (SSSR count). The van der Waals surface area contributed by atoms with E-state index >= 15 is 0 Å². The zero-order chi connectivity index (χ0) is 11.4. The summed E-state index contributed by atoms with van der Waals surface area (Å²) >= 11 is 5.94. The van der Waals surface area contributed by atoms with Crippen molar-refractivity contribution < 1.29 is 5.11 Å². The van der Waals surface area contributed by atoms with Gasteiger partial charge in [-0.15, -0.1) is 0 Å². The fourth-order valence-electron chi connectivity index (χ4n) is 1.23. The average Bonchev–Trinajstić information content (AvgIpc) is 2.13. The molecule has 0 amide bonds. The molecule has 2 N–H and O–H groups in total. The van der Waals surface area contributed by atoms with Crippen LogP contribution in [0.15, 0.2) is 0 Å². The largest absolute Gasteiger partial charge is 0.396 e. The van der Waals surface area contributed by atoms with Gasteiger partial charge in [-0.25, -0.2) is 9.97 Å². The lowest BCUT2D eigenvalue weighted by atomic mass is 10.2. The van der Waals surface area contributed by atoms with Crippen molar-refractivity contribution in [1.82, 2.24) is 9.97 Å². The molecule has 15 heavy (non-hydrogen) atoms. The molecule has 1 aromatic rings. The van der Waals surface area contributed by atoms with Gasteiger partial charge in [0, 0.05) is 18.2 Å². The Morgan fingerprint density at radius 2 is 2.07 bits per heavy atom. The van der Waals surface area contributed by atoms with E-state index in [2.05, 4.69) is 15.3 Å². The highest BCUT2D eigenvalue weighted by atomic mass is 35.5. The number of aliphatic hydroxyl groups is 1. The zero-order valence-corrected chi connectivity index (χ0v) is 9.97. The lowest BCUT2D eigenvalue weighted by Crippen LogP contribution is -2.18. The fourth-order valence-corrected chi connectivity index (χ4v) is 1.45. The summed E-state index contributed by atoms with van der Waals surface area (Å²) in [4.78, 5) is 8.32. The van der Waals surface area contributed by atoms with E-state index in [1.54, 1.807) is 6.92 Å². The molecule has 0 saturated heterocycles. The molecule has 4 nitrogen and oxygen atoms in total. The van der Waals surface area contributed by atoms with Crippen molar-refractivity contribution in [2.24, 2.45) is 0 Å². The van der Waals surface area contributed by atoms with E-state index in [0.29, 0.717) is 17.4 Å². The molecule has 0 saturated carbocycles. The number of nitrogens with zero attached hydrogens (tertiary/aromatic N) is 2. The van der Waals surface area contributed by atoms with Crippen LogP contribution >= 0.6 is 11.6 Å². The van der Waals surface area contributed by atoms with Crippen molar-refractivity contribution in [3.05, 3.63) is 16.5 Å². The summed E-state index contributed by atoms with van der Waals surface area (Å²) in [5, 5.41) is 12.5. The van der Waals surface area contributed by atoms with Crippen molar-refractivity contribution in [3.63, 3.8) is 0 Å². The van der Waals surface area contributed by atoms with E-state index < -0.39 is 0 Å². The van der Waals surface area contributed by atoms with E-state index in [-0.39, 0.29) is 12.6 Å². The second-order valence-corrected chi connectivity index (χ2v) is 3.95. The number of halogens is 1. The molecular weight excluding hydrogens is 214 g/mol. The van der Waals surface area contributed by atoms with Gasteiger partial charge in [-0.3, -0.25) is 0 Å². The highest BCUT2D eigenvalue weighted by Gasteiger charge is 2.09. The number of aromatic nitrogens is 2. The van der Waals surface area contributed by atoms with Crippen molar-refractivity contribution in [2.75, 3.05) is 11.9 Å². The smallest absolute Gasteiger partial charge is 0.137 e. The molecular formula is C10H16ClN3O. The summed E-state index contributed by atoms with van der Waals surface area (Å²) < 4.78 is 0. The van der Waals surface area contributed by atoms with Crippen LogP contribution in [0.25, 0.3) is 0 Å². The van der Waals surface area contributed by atoms with Gasteiger partial charge in [-0.2, -0.15) is 0 Å². The molecule has 1 atom stereocenters. The molecule has 1 aromatic heterocycles. The summed E-state index contributed by atoms with van der Waals surface area (Å²) in [7, 11) is 0. The van der Waals surface area contributed by atoms with Gasteiger partial charge in [0.05, 0.1) is 0 Å². The van der Waals surface area contributed by atoms with Gasteiger partial charge in [0.1, 0.15) is 16.8 Å². The number of aliphatic hydroxyl groups excluding tert-OH is 1. The van der Waals surface area contributed by atoms with Crippen LogP contribution in [0.3, 0.4) is 0 Å². The molecule has 0 aromatic carbocycles. The average molecular weight is 230 g/mol. The Bertz CT molecular complexity index is 344. The third kappa shape index (κ3) is 3.32. The number of rotatable bonds is 4. The first-order valence-corrected chi connectivity index (χ1v) is 5.30. The van der Waals surface area contributed by atoms with Gasteiger partial charge in [0.25, 0.3) is 0 Å². The SMILES string of the molecule is Cc1nc(Cl)c(C)c(NC(C)CCO)n1. The second-order valence-electron chi connectivity index (χ2n) is 3.59. The zero-order valence-electron chi connectivity index (χ0n) is 9.21. The molecule has 5 heteroatoms. The van der Waals surface area contributed by atoms with Crippen molar-refractivity contribution in [2.45, 2.75) is 33.2 Å². The maximum absolute atomic E-state index is 8.79. The standard InChI is InChI=1S/C10H16ClN3O/c1-6(4-5-15)12-10-7(2)9(11)13-8(3)14-10/h6,15H,4-5H2,1-3H3,(H,12,13,14). The minimum Gasteiger partial charge on any atom is -0.396 e. The lowest BCUT2D eigenvalue weighted by molar-refractivity contribution is 0.282. The molecule has 1 heterocycles. The molecule has 0 spiro atoms. The highest BCUT2D eigenvalue weighted by Crippen LogP contribution is 2.20. The Morgan fingerprint density at radius 1 is 1.40 bits per heavy atom. The van der Waals surface area contributed by atoms with Crippen molar-refractivity contribution in [3.8, 4) is 0 Å². The van der Waals surface area contributed by atoms with Crippen LogP contribution in [0, 0.1) is 13.8 Å². The summed E-state index contributed by atoms with van der Waals surface area (Å²) in [5.41, 5.74) is 0.840. The first kappa shape index (κ1) is 12.2. The van der Waals surface area contributed by atoms with Crippen molar-refractivity contribution in [1.29, 1.82) is 0 Å². The van der Waals surface area contributed by atoms with Gasteiger partial charge in [-0.05, 0) is 27.2 Å². The Morgan fingerprint density at radius 3 is 2.67 bits per heavy atom. The summed E-state index contributed by atoms with van der Waals surface area (Å²) in [6.07, 6.45) is 0.681. The third-order valence-electron chi connectivity index (χ3n) is 2.14. The van der Waals surface area contributed by atoms with Gasteiger partial charge >= 0.3 is 0 Å². The van der Waals surface area contributed by atoms with Gasteiger partial charge in [0.15, 0.2) is 0 Å². The quantitative estimate of drug-likeness (QED) is 0.775. The predicted molar refractivity (Wildman–Crippen MR) is 61.3 cm³/mol. The van der Waals surface area contributed by atoms with E-state index in [0.717, 1.165) is 11.4 Å². The molecule has 0 radical (unpaired) electrons. The topological polar surface area (TPSA) is 58.0 Å². The Hall–Kier alpha value is -0.870. The van der Waals surface area contributed by atoms with E-state index in [1.807, 2.05) is 13.8 Å². The van der Waals surface area contributed by atoms with E-state index in [4.69, 9.17) is 16.7 Å². The van der Waals surface area contributed by atoms with Crippen molar-refractivity contribution >= 4 is 17.4 Å². The molecule has 0 bridgehead atoms. The Balaban J connectivity index is 2.84. The fraction of sp³-hybridized carbons (Fsp3) is 0.600. The molecule has 0 aliphatic rings. The van der Waals surface area contributed by atoms with Crippen LogP contribution in [0.5, 0.6) is 0 Å². The predicted octanol–water partition coefficient (Wildman–Crippen LogP) is 1.93. The van der Waals surface area contributed by atoms with E-state index in [1.165, 1.54) is 0 Å². The summed E-state index contributed by atoms with van der Waals surface area (Å²) in [6.45, 7) is 5.81. The number of aryl methyl sites for hydroxylation is 1. The minimum absolute atomic E-state index is 0.158. The first-order valence-electron chi connectivity index (χ1n) is 4.92. The second kappa shape index (κ2) is 5.28. The van der Waals surface area contributed by atoms with E-state index in [9.17, 15) is 0 Å². The lowest BCUT2D eigenvalue weighted by Gasteiger charge is -2.15. The third-order valence-corrected chi connectivity index (χ3v) is 2.51. The summed E-state index contributed by atoms with van der Waals surface area (Å²) in [5.74, 6) is 1.39. The number of anilines is 1. The first-order chi connectivity index (χ1) is 7.04. The van der Waals surface area contributed by atoms with Crippen LogP contribution in [0.1, 0.15) is 24.7 Å². The Kier molecular flexibility index (Phi) is 4.29. The molecule has 84 valence electrons. The molecule has 0 aliphatic heterocycles. The maximum Gasteiger partial charge on any atom is 0.137 e. The molecule has 1 unspecified atom stereocenters. The summed E-state index contributed by atoms with van der Waals surface area (Å²) in [6, 6.07) is 0.166. The normalized spacial score (nSPS) is 12.6. The monoisotopic (exact) mass is 229 g/mol. The van der Waals surface area contributed by atoms with Crippen LogP contribution < -0.4 is 5.32 Å². The number of nitrogens with one attached hydrogen (secondary N) is 1. The van der Waals surface area contributed by atoms with Crippen LogP contribution in [-0.2, 0) is 0 Å². The number of hydrogen-bond acceptors (Lipinski definition) is 4. The van der Waals surface area contributed by atoms with Crippen LogP contribution in [0.2, 0.25) is 5.15 Å². The highest BCUT2D eigenvalue weighted by molar-refractivity contribution is 6.30. The van der Waals surface area contributed by atoms with Gasteiger partial charge in [-0.1, -0.05) is 11.6 Å². The van der Waals surface area contributed by atoms with Gasteiger partial charge < -0.3 is 10.4 Å². The van der Waals surface area contributed by atoms with Gasteiger partial charge in [0.2, 0.25) is 0 Å². The molecule has 0 fully saturated rings. The molecule has 0 aliphatic carbocycles. The number of hydrogen-bond donors (Lipinski definition) is 2. The van der Waals surface area contributed by atoms with Crippen LogP contribution in [0.4, 0.5) is 5.82 Å². The minimum atomic E-state index is 0.158.